The number of nitrogens with zero attached hydrogens (tertiary/aromatic N) is 1. The van der Waals surface area contributed by atoms with Gasteiger partial charge in [-0.3, -0.25) is 5.01 Å². The predicted molar refractivity (Wildman–Crippen MR) is 98.4 cm³/mol. The fraction of sp³-hybridized carbons (Fsp3) is 0.235. The number of anilines is 3. The number of carbonyl (C=O) groups is 1. The Bertz CT molecular complexity index is 733. The number of esters is 1. The molecule has 0 radical (unpaired) electrons. The average Bonchev–Trinajstić information content (AvgIpc) is 2.55. The topological polar surface area (TPSA) is 90.8 Å². The molecule has 7 heteroatoms. The fourth-order valence-corrected chi connectivity index (χ4v) is 2.64. The van der Waals surface area contributed by atoms with E-state index in [1.165, 1.54) is 18.2 Å². The first-order valence-electron chi connectivity index (χ1n) is 7.32. The number of benzene rings is 2. The first-order chi connectivity index (χ1) is 11.3. The molecule has 6 nitrogen and oxygen atoms in total. The summed E-state index contributed by atoms with van der Waals surface area (Å²) in [5.41, 5.74) is 8.04. The molecule has 0 atom stereocenters. The van der Waals surface area contributed by atoms with Crippen LogP contribution in [0.4, 0.5) is 17.1 Å². The SMILES string of the molecule is COC(=O)c1cc(N)c(N(N)c2ccc(OC(C)C)cc2)cc1Br. The summed E-state index contributed by atoms with van der Waals surface area (Å²) in [6, 6.07) is 10.5. The summed E-state index contributed by atoms with van der Waals surface area (Å²) >= 11 is 3.34. The minimum absolute atomic E-state index is 0.0993. The number of rotatable bonds is 5. The average molecular weight is 394 g/mol. The van der Waals surface area contributed by atoms with Gasteiger partial charge in [0.05, 0.1) is 35.8 Å². The number of ether oxygens (including phenoxy) is 2. The Morgan fingerprint density at radius 1 is 1.21 bits per heavy atom. The van der Waals surface area contributed by atoms with E-state index in [-0.39, 0.29) is 6.10 Å². The molecule has 0 amide bonds. The maximum atomic E-state index is 11.7. The van der Waals surface area contributed by atoms with Gasteiger partial charge in [0.15, 0.2) is 0 Å². The Hall–Kier alpha value is -2.25. The molecule has 0 aliphatic rings. The third kappa shape index (κ3) is 3.98. The second-order valence-corrected chi connectivity index (χ2v) is 6.27. The first-order valence-corrected chi connectivity index (χ1v) is 8.11. The second kappa shape index (κ2) is 7.55. The van der Waals surface area contributed by atoms with Gasteiger partial charge in [-0.2, -0.15) is 0 Å². The molecule has 2 aromatic rings. The Balaban J connectivity index is 2.31. The molecule has 2 rings (SSSR count). The van der Waals surface area contributed by atoms with Crippen LogP contribution in [0, 0.1) is 0 Å². The number of methoxy groups -OCH3 is 1. The van der Waals surface area contributed by atoms with Gasteiger partial charge in [0.25, 0.3) is 0 Å². The normalized spacial score (nSPS) is 10.6. The van der Waals surface area contributed by atoms with Crippen LogP contribution in [0.2, 0.25) is 0 Å². The van der Waals surface area contributed by atoms with Crippen molar-refractivity contribution in [1.29, 1.82) is 0 Å². The van der Waals surface area contributed by atoms with E-state index in [0.29, 0.717) is 21.4 Å². The molecule has 4 N–H and O–H groups in total. The van der Waals surface area contributed by atoms with Gasteiger partial charge in [-0.05, 0) is 66.2 Å². The van der Waals surface area contributed by atoms with Gasteiger partial charge in [0, 0.05) is 4.47 Å². The maximum Gasteiger partial charge on any atom is 0.339 e. The minimum Gasteiger partial charge on any atom is -0.491 e. The van der Waals surface area contributed by atoms with Crippen molar-refractivity contribution >= 4 is 39.0 Å². The van der Waals surface area contributed by atoms with Crippen LogP contribution in [-0.2, 0) is 4.74 Å². The van der Waals surface area contributed by atoms with E-state index in [2.05, 4.69) is 15.9 Å². The molecule has 0 heterocycles. The fourth-order valence-electron chi connectivity index (χ4n) is 2.15. The Morgan fingerprint density at radius 2 is 1.83 bits per heavy atom. The molecule has 0 saturated heterocycles. The van der Waals surface area contributed by atoms with Crippen molar-refractivity contribution in [3.05, 3.63) is 46.4 Å². The Morgan fingerprint density at radius 3 is 2.38 bits per heavy atom. The molecule has 2 aromatic carbocycles. The standard InChI is InChI=1S/C17H20BrN3O3/c1-10(2)24-12-6-4-11(5-7-12)21(20)16-9-14(18)13(8-15(16)19)17(22)23-3/h4-10H,19-20H2,1-3H3. The zero-order chi connectivity index (χ0) is 17.9. The lowest BCUT2D eigenvalue weighted by Crippen LogP contribution is -2.26. The zero-order valence-electron chi connectivity index (χ0n) is 13.7. The van der Waals surface area contributed by atoms with E-state index < -0.39 is 5.97 Å². The Kier molecular flexibility index (Phi) is 5.69. The monoisotopic (exact) mass is 393 g/mol. The molecular formula is C17H20BrN3O3. The first kappa shape index (κ1) is 18.1. The van der Waals surface area contributed by atoms with E-state index in [4.69, 9.17) is 21.1 Å². The van der Waals surface area contributed by atoms with Crippen molar-refractivity contribution < 1.29 is 14.3 Å². The highest BCUT2D eigenvalue weighted by Crippen LogP contribution is 2.33. The van der Waals surface area contributed by atoms with Crippen LogP contribution in [0.3, 0.4) is 0 Å². The predicted octanol–water partition coefficient (Wildman–Crippen LogP) is 3.62. The number of nitrogens with two attached hydrogens (primary N) is 2. The molecule has 0 aliphatic heterocycles. The lowest BCUT2D eigenvalue weighted by molar-refractivity contribution is 0.0600. The molecule has 0 spiro atoms. The Labute approximate surface area is 149 Å². The van der Waals surface area contributed by atoms with Gasteiger partial charge in [0.1, 0.15) is 5.75 Å². The second-order valence-electron chi connectivity index (χ2n) is 5.41. The molecule has 0 aliphatic carbocycles. The van der Waals surface area contributed by atoms with E-state index in [9.17, 15) is 4.79 Å². The van der Waals surface area contributed by atoms with E-state index in [0.717, 1.165) is 11.4 Å². The van der Waals surface area contributed by atoms with Gasteiger partial charge >= 0.3 is 5.97 Å². The minimum atomic E-state index is -0.473. The van der Waals surface area contributed by atoms with Crippen LogP contribution in [0.15, 0.2) is 40.9 Å². The number of hydrazine groups is 1. The largest absolute Gasteiger partial charge is 0.491 e. The zero-order valence-corrected chi connectivity index (χ0v) is 15.3. The molecule has 0 unspecified atom stereocenters. The van der Waals surface area contributed by atoms with Gasteiger partial charge in [-0.1, -0.05) is 0 Å². The molecule has 0 saturated carbocycles. The molecule has 24 heavy (non-hydrogen) atoms. The summed E-state index contributed by atoms with van der Waals surface area (Å²) in [5, 5.41) is 1.44. The maximum absolute atomic E-state index is 11.7. The molecule has 0 aromatic heterocycles. The van der Waals surface area contributed by atoms with Crippen LogP contribution < -0.4 is 21.3 Å². The van der Waals surface area contributed by atoms with Gasteiger partial charge < -0.3 is 15.2 Å². The van der Waals surface area contributed by atoms with Gasteiger partial charge in [-0.25, -0.2) is 10.6 Å². The number of hydrogen-bond acceptors (Lipinski definition) is 6. The van der Waals surface area contributed by atoms with E-state index in [1.807, 2.05) is 38.1 Å². The highest BCUT2D eigenvalue weighted by atomic mass is 79.9. The van der Waals surface area contributed by atoms with Crippen molar-refractivity contribution in [2.45, 2.75) is 20.0 Å². The summed E-state index contributed by atoms with van der Waals surface area (Å²) in [4.78, 5) is 11.7. The van der Waals surface area contributed by atoms with Gasteiger partial charge in [0.2, 0.25) is 0 Å². The molecule has 0 fully saturated rings. The number of hydrogen-bond donors (Lipinski definition) is 2. The van der Waals surface area contributed by atoms with Crippen molar-refractivity contribution in [3.8, 4) is 5.75 Å². The summed E-state index contributed by atoms with van der Waals surface area (Å²) in [6.07, 6.45) is 0.0993. The summed E-state index contributed by atoms with van der Waals surface area (Å²) in [7, 11) is 1.31. The number of halogens is 1. The van der Waals surface area contributed by atoms with Crippen molar-refractivity contribution in [1.82, 2.24) is 0 Å². The highest BCUT2D eigenvalue weighted by Gasteiger charge is 2.16. The lowest BCUT2D eigenvalue weighted by Gasteiger charge is -2.22. The van der Waals surface area contributed by atoms with Crippen LogP contribution in [-0.4, -0.2) is 19.2 Å². The van der Waals surface area contributed by atoms with E-state index in [1.54, 1.807) is 6.07 Å². The van der Waals surface area contributed by atoms with Crippen LogP contribution in [0.1, 0.15) is 24.2 Å². The number of nitrogen functional groups attached to an aromatic ring is 1. The molecule has 128 valence electrons. The molecular weight excluding hydrogens is 374 g/mol. The van der Waals surface area contributed by atoms with Crippen LogP contribution in [0.5, 0.6) is 5.75 Å². The van der Waals surface area contributed by atoms with Crippen LogP contribution >= 0.6 is 15.9 Å². The highest BCUT2D eigenvalue weighted by molar-refractivity contribution is 9.10. The summed E-state index contributed by atoms with van der Waals surface area (Å²) in [5.74, 6) is 6.46. The molecule has 0 bridgehead atoms. The van der Waals surface area contributed by atoms with Crippen molar-refractivity contribution in [2.24, 2.45) is 5.84 Å². The quantitative estimate of drug-likeness (QED) is 0.349. The summed E-state index contributed by atoms with van der Waals surface area (Å²) < 4.78 is 10.9. The third-order valence-electron chi connectivity index (χ3n) is 3.27. The summed E-state index contributed by atoms with van der Waals surface area (Å²) in [6.45, 7) is 3.93. The smallest absolute Gasteiger partial charge is 0.339 e. The van der Waals surface area contributed by atoms with E-state index >= 15 is 0 Å². The van der Waals surface area contributed by atoms with Crippen molar-refractivity contribution in [3.63, 3.8) is 0 Å². The van der Waals surface area contributed by atoms with Crippen LogP contribution in [0.25, 0.3) is 0 Å². The number of carbonyl (C=O) groups excluding carboxylic acids is 1. The lowest BCUT2D eigenvalue weighted by atomic mass is 10.1. The third-order valence-corrected chi connectivity index (χ3v) is 3.92. The van der Waals surface area contributed by atoms with Gasteiger partial charge in [-0.15, -0.1) is 0 Å². The van der Waals surface area contributed by atoms with Crippen molar-refractivity contribution in [2.75, 3.05) is 17.9 Å².